The van der Waals surface area contributed by atoms with E-state index in [1.54, 1.807) is 0 Å². The van der Waals surface area contributed by atoms with Crippen molar-refractivity contribution >= 4 is 33.5 Å². The van der Waals surface area contributed by atoms with E-state index < -0.39 is 0 Å². The van der Waals surface area contributed by atoms with E-state index in [9.17, 15) is 4.79 Å². The highest BCUT2D eigenvalue weighted by atomic mass is 79.9. The number of aliphatic imine (C=N–C) groups is 1. The number of unbranched alkanes of at least 4 members (excludes halogenated alkanes) is 2. The summed E-state index contributed by atoms with van der Waals surface area (Å²) in [5, 5.41) is 6.89. The van der Waals surface area contributed by atoms with Crippen LogP contribution in [-0.4, -0.2) is 51.3 Å². The predicted octanol–water partition coefficient (Wildman–Crippen LogP) is 3.32. The van der Waals surface area contributed by atoms with E-state index in [1.165, 1.54) is 12.8 Å². The number of guanidine groups is 1. The number of benzene rings is 1. The number of halogens is 1. The predicted molar refractivity (Wildman–Crippen MR) is 114 cm³/mol. The molecular formula is C20H31BrN4O2. The van der Waals surface area contributed by atoms with E-state index in [0.29, 0.717) is 12.5 Å². The van der Waals surface area contributed by atoms with Crippen LogP contribution in [0.4, 0.5) is 5.69 Å². The van der Waals surface area contributed by atoms with E-state index >= 15 is 0 Å². The lowest BCUT2D eigenvalue weighted by Crippen LogP contribution is -2.44. The van der Waals surface area contributed by atoms with Gasteiger partial charge in [-0.25, -0.2) is 0 Å². The number of carbonyl (C=O) groups excluding carboxylic acids is 1. The van der Waals surface area contributed by atoms with Crippen LogP contribution < -0.4 is 15.5 Å². The van der Waals surface area contributed by atoms with Gasteiger partial charge in [-0.15, -0.1) is 0 Å². The molecule has 0 radical (unpaired) electrons. The summed E-state index contributed by atoms with van der Waals surface area (Å²) >= 11 is 3.64. The van der Waals surface area contributed by atoms with E-state index in [2.05, 4.69) is 66.3 Å². The second kappa shape index (κ2) is 11.8. The number of rotatable bonds is 9. The molecule has 1 saturated heterocycles. The van der Waals surface area contributed by atoms with Crippen LogP contribution >= 0.6 is 15.9 Å². The molecule has 0 aromatic heterocycles. The topological polar surface area (TPSA) is 66.0 Å². The molecule has 1 heterocycles. The number of hydrogen-bond acceptors (Lipinski definition) is 4. The molecule has 27 heavy (non-hydrogen) atoms. The largest absolute Gasteiger partial charge is 0.469 e. The molecule has 1 aliphatic rings. The fraction of sp³-hybridized carbons (Fsp3) is 0.600. The molecule has 1 aromatic rings. The van der Waals surface area contributed by atoms with Gasteiger partial charge in [0.1, 0.15) is 0 Å². The van der Waals surface area contributed by atoms with Gasteiger partial charge in [-0.3, -0.25) is 9.79 Å². The van der Waals surface area contributed by atoms with E-state index in [1.807, 2.05) is 6.07 Å². The third-order valence-electron chi connectivity index (χ3n) is 4.60. The Kier molecular flexibility index (Phi) is 9.45. The van der Waals surface area contributed by atoms with Crippen LogP contribution in [0.2, 0.25) is 0 Å². The van der Waals surface area contributed by atoms with Gasteiger partial charge < -0.3 is 20.3 Å². The number of carbonyl (C=O) groups is 1. The van der Waals surface area contributed by atoms with Crippen molar-refractivity contribution in [3.8, 4) is 0 Å². The fourth-order valence-electron chi connectivity index (χ4n) is 3.17. The molecule has 1 unspecified atom stereocenters. The first-order valence-electron chi connectivity index (χ1n) is 9.75. The average Bonchev–Trinajstić information content (AvgIpc) is 3.13. The molecule has 0 amide bonds. The van der Waals surface area contributed by atoms with Gasteiger partial charge in [-0.1, -0.05) is 18.6 Å². The molecule has 1 aliphatic heterocycles. The quantitative estimate of drug-likeness (QED) is 0.268. The summed E-state index contributed by atoms with van der Waals surface area (Å²) in [6.07, 6.45) is 4.39. The number of methoxy groups -OCH3 is 1. The number of hydrogen-bond donors (Lipinski definition) is 2. The Morgan fingerprint density at radius 2 is 2.15 bits per heavy atom. The minimum absolute atomic E-state index is 0.135. The number of anilines is 1. The third-order valence-corrected chi connectivity index (χ3v) is 5.27. The van der Waals surface area contributed by atoms with Gasteiger partial charge in [0.15, 0.2) is 5.96 Å². The number of nitrogens with zero attached hydrogens (tertiary/aromatic N) is 2. The van der Waals surface area contributed by atoms with Gasteiger partial charge in [-0.2, -0.15) is 0 Å². The highest BCUT2D eigenvalue weighted by Gasteiger charge is 2.24. The Morgan fingerprint density at radius 1 is 1.33 bits per heavy atom. The Hall–Kier alpha value is -1.76. The number of para-hydroxylation sites is 1. The maximum atomic E-state index is 11.1. The van der Waals surface area contributed by atoms with Crippen LogP contribution in [0.3, 0.4) is 0 Å². The first-order valence-corrected chi connectivity index (χ1v) is 10.5. The number of ether oxygens (including phenoxy) is 1. The number of esters is 1. The molecule has 1 aromatic carbocycles. The van der Waals surface area contributed by atoms with Crippen molar-refractivity contribution in [1.82, 2.24) is 10.6 Å². The molecule has 6 nitrogen and oxygen atoms in total. The average molecular weight is 439 g/mol. The third kappa shape index (κ3) is 7.40. The molecule has 0 bridgehead atoms. The van der Waals surface area contributed by atoms with Crippen molar-refractivity contribution in [2.24, 2.45) is 4.99 Å². The van der Waals surface area contributed by atoms with Gasteiger partial charge in [-0.05, 0) is 54.2 Å². The minimum atomic E-state index is -0.135. The van der Waals surface area contributed by atoms with Crippen LogP contribution in [-0.2, 0) is 9.53 Å². The minimum Gasteiger partial charge on any atom is -0.469 e. The summed E-state index contributed by atoms with van der Waals surface area (Å²) in [4.78, 5) is 18.2. The SMILES string of the molecule is CCNC(=NCCCCCC(=O)OC)NC1CCN(c2ccccc2Br)C1. The van der Waals surface area contributed by atoms with Crippen LogP contribution in [0.25, 0.3) is 0 Å². The maximum absolute atomic E-state index is 11.1. The van der Waals surface area contributed by atoms with Crippen LogP contribution in [0, 0.1) is 0 Å². The normalized spacial score (nSPS) is 17.1. The second-order valence-corrected chi connectivity index (χ2v) is 7.53. The van der Waals surface area contributed by atoms with Crippen molar-refractivity contribution in [3.63, 3.8) is 0 Å². The summed E-state index contributed by atoms with van der Waals surface area (Å²) in [6, 6.07) is 8.74. The Bertz CT molecular complexity index is 624. The van der Waals surface area contributed by atoms with Crippen LogP contribution in [0.15, 0.2) is 33.7 Å². The van der Waals surface area contributed by atoms with Crippen LogP contribution in [0.5, 0.6) is 0 Å². The van der Waals surface area contributed by atoms with E-state index in [4.69, 9.17) is 0 Å². The first kappa shape index (κ1) is 21.5. The van der Waals surface area contributed by atoms with E-state index in [-0.39, 0.29) is 5.97 Å². The molecular weight excluding hydrogens is 408 g/mol. The van der Waals surface area contributed by atoms with Crippen LogP contribution in [0.1, 0.15) is 39.0 Å². The van der Waals surface area contributed by atoms with E-state index in [0.717, 1.165) is 62.3 Å². The Balaban J connectivity index is 1.76. The van der Waals surface area contributed by atoms with Gasteiger partial charge >= 0.3 is 5.97 Å². The van der Waals surface area contributed by atoms with Crippen molar-refractivity contribution < 1.29 is 9.53 Å². The maximum Gasteiger partial charge on any atom is 0.305 e. The first-order chi connectivity index (χ1) is 13.1. The van der Waals surface area contributed by atoms with Crippen molar-refractivity contribution in [1.29, 1.82) is 0 Å². The lowest BCUT2D eigenvalue weighted by atomic mass is 10.2. The molecule has 0 saturated carbocycles. The fourth-order valence-corrected chi connectivity index (χ4v) is 3.70. The molecule has 7 heteroatoms. The van der Waals surface area contributed by atoms with Crippen molar-refractivity contribution in [2.75, 3.05) is 38.2 Å². The lowest BCUT2D eigenvalue weighted by molar-refractivity contribution is -0.140. The summed E-state index contributed by atoms with van der Waals surface area (Å²) in [5.74, 6) is 0.744. The number of nitrogens with one attached hydrogen (secondary N) is 2. The Labute approximate surface area is 170 Å². The highest BCUT2D eigenvalue weighted by Crippen LogP contribution is 2.28. The molecule has 2 N–H and O–H groups in total. The standard InChI is InChI=1S/C20H31BrN4O2/c1-3-22-20(23-13-8-4-5-11-19(26)27-2)24-16-12-14-25(15-16)18-10-7-6-9-17(18)21/h6-7,9-10,16H,3-5,8,11-15H2,1-2H3,(H2,22,23,24). The second-order valence-electron chi connectivity index (χ2n) is 6.67. The molecule has 2 rings (SSSR count). The molecule has 1 atom stereocenters. The van der Waals surface area contributed by atoms with Gasteiger partial charge in [0.25, 0.3) is 0 Å². The lowest BCUT2D eigenvalue weighted by Gasteiger charge is -2.21. The summed E-state index contributed by atoms with van der Waals surface area (Å²) < 4.78 is 5.79. The zero-order valence-electron chi connectivity index (χ0n) is 16.3. The summed E-state index contributed by atoms with van der Waals surface area (Å²) in [7, 11) is 1.43. The molecule has 0 aliphatic carbocycles. The Morgan fingerprint density at radius 3 is 2.89 bits per heavy atom. The highest BCUT2D eigenvalue weighted by molar-refractivity contribution is 9.10. The summed E-state index contributed by atoms with van der Waals surface area (Å²) in [5.41, 5.74) is 1.24. The summed E-state index contributed by atoms with van der Waals surface area (Å²) in [6.45, 7) is 5.68. The van der Waals surface area contributed by atoms with Gasteiger partial charge in [0.2, 0.25) is 0 Å². The molecule has 0 spiro atoms. The van der Waals surface area contributed by atoms with Crippen molar-refractivity contribution in [2.45, 2.75) is 45.1 Å². The molecule has 150 valence electrons. The zero-order valence-corrected chi connectivity index (χ0v) is 17.9. The van der Waals surface area contributed by atoms with Gasteiger partial charge in [0, 0.05) is 43.1 Å². The van der Waals surface area contributed by atoms with Gasteiger partial charge in [0.05, 0.1) is 12.8 Å². The smallest absolute Gasteiger partial charge is 0.305 e. The molecule has 1 fully saturated rings. The monoisotopic (exact) mass is 438 g/mol. The van der Waals surface area contributed by atoms with Crippen molar-refractivity contribution in [3.05, 3.63) is 28.7 Å². The zero-order chi connectivity index (χ0) is 19.5.